The molecule has 1 saturated heterocycles. The Morgan fingerprint density at radius 3 is 2.52 bits per heavy atom. The van der Waals surface area contributed by atoms with Crippen LogP contribution in [0, 0.1) is 12.3 Å². The number of imidazole rings is 1. The van der Waals surface area contributed by atoms with Crippen LogP contribution in [0.1, 0.15) is 82.3 Å². The van der Waals surface area contributed by atoms with Gasteiger partial charge in [-0.2, -0.15) is 0 Å². The molecule has 2 atom stereocenters. The first-order chi connectivity index (χ1) is 21.0. The molecule has 236 valence electrons. The monoisotopic (exact) mass is 600 g/mol. The normalized spacial score (nSPS) is 16.8. The standard InChI is InChI=1S/C36H48N4O4/c1-26-14-16-31-28(22-26)15-17-32-30(38-25-40(31)32)24-36(23-27(2)39-20-9-10-21-39,33(41)43-29-12-7-6-8-13-29)18-11-19-37-34(42)44-35(3,4)5/h6-8,12-14,16,22,25,27H,9-11,15,17-21,23-24H2,1-5H3,(H,37,42)/t27?,36-/m0/s1. The molecule has 1 amide bonds. The molecule has 0 aliphatic carbocycles. The van der Waals surface area contributed by atoms with Crippen molar-refractivity contribution >= 4 is 12.1 Å². The summed E-state index contributed by atoms with van der Waals surface area (Å²) in [4.78, 5) is 34.3. The van der Waals surface area contributed by atoms with E-state index in [0.29, 0.717) is 38.0 Å². The molecule has 3 heterocycles. The number of likely N-dealkylation sites (tertiary alicyclic amines) is 1. The number of aromatic nitrogens is 2. The smallest absolute Gasteiger partial charge is 0.407 e. The van der Waals surface area contributed by atoms with Crippen molar-refractivity contribution in [1.29, 1.82) is 0 Å². The Hall–Kier alpha value is -3.65. The summed E-state index contributed by atoms with van der Waals surface area (Å²) in [6, 6.07) is 16.1. The van der Waals surface area contributed by atoms with Crippen molar-refractivity contribution in [2.45, 2.75) is 97.6 Å². The largest absolute Gasteiger partial charge is 0.444 e. The highest BCUT2D eigenvalue weighted by Gasteiger charge is 2.44. The number of hydrogen-bond donors (Lipinski definition) is 1. The van der Waals surface area contributed by atoms with Crippen molar-refractivity contribution in [3.8, 4) is 11.4 Å². The first kappa shape index (κ1) is 31.8. The average molecular weight is 601 g/mol. The van der Waals surface area contributed by atoms with Gasteiger partial charge in [-0.3, -0.25) is 4.79 Å². The maximum absolute atomic E-state index is 14.4. The number of hydrogen-bond acceptors (Lipinski definition) is 6. The third-order valence-electron chi connectivity index (χ3n) is 8.92. The van der Waals surface area contributed by atoms with E-state index >= 15 is 0 Å². The predicted octanol–water partition coefficient (Wildman–Crippen LogP) is 6.59. The number of esters is 1. The Morgan fingerprint density at radius 2 is 1.80 bits per heavy atom. The molecule has 2 aliphatic heterocycles. The van der Waals surface area contributed by atoms with E-state index < -0.39 is 17.1 Å². The highest BCUT2D eigenvalue weighted by molar-refractivity contribution is 5.79. The number of carbonyl (C=O) groups is 2. The van der Waals surface area contributed by atoms with Gasteiger partial charge in [0, 0.05) is 30.4 Å². The Kier molecular flexibility index (Phi) is 9.78. The molecule has 0 bridgehead atoms. The summed E-state index contributed by atoms with van der Waals surface area (Å²) in [5.74, 6) is 0.305. The minimum Gasteiger partial charge on any atom is -0.444 e. The minimum absolute atomic E-state index is 0.196. The van der Waals surface area contributed by atoms with E-state index in [2.05, 4.69) is 46.8 Å². The van der Waals surface area contributed by atoms with Gasteiger partial charge in [-0.05, 0) is 116 Å². The van der Waals surface area contributed by atoms with E-state index in [1.54, 1.807) is 0 Å². The number of rotatable bonds is 11. The number of ether oxygens (including phenoxy) is 2. The van der Waals surface area contributed by atoms with Crippen LogP contribution >= 0.6 is 0 Å². The molecule has 8 nitrogen and oxygen atoms in total. The number of fused-ring (bicyclic) bond motifs is 3. The number of amides is 1. The van der Waals surface area contributed by atoms with E-state index in [4.69, 9.17) is 14.5 Å². The van der Waals surface area contributed by atoms with Gasteiger partial charge in [-0.15, -0.1) is 0 Å². The van der Waals surface area contributed by atoms with Crippen molar-refractivity contribution in [2.24, 2.45) is 5.41 Å². The van der Waals surface area contributed by atoms with Crippen LogP contribution < -0.4 is 10.1 Å². The van der Waals surface area contributed by atoms with Gasteiger partial charge in [0.05, 0.1) is 17.4 Å². The summed E-state index contributed by atoms with van der Waals surface area (Å²) < 4.78 is 13.8. The number of para-hydroxylation sites is 1. The summed E-state index contributed by atoms with van der Waals surface area (Å²) in [7, 11) is 0. The molecule has 5 rings (SSSR count). The first-order valence-corrected chi connectivity index (χ1v) is 16.2. The number of nitrogens with zero attached hydrogens (tertiary/aromatic N) is 3. The second-order valence-electron chi connectivity index (χ2n) is 13.6. The van der Waals surface area contributed by atoms with Gasteiger partial charge in [-0.1, -0.05) is 35.9 Å². The molecule has 1 N–H and O–H groups in total. The zero-order valence-electron chi connectivity index (χ0n) is 27.0. The SMILES string of the molecule is Cc1ccc2c(c1)CCc1c(C[C@](CCCNC(=O)OC(C)(C)C)(CC(C)N3CCCC3)C(=O)Oc3ccccc3)ncn1-2. The fraction of sp³-hybridized carbons (Fsp3) is 0.528. The van der Waals surface area contributed by atoms with Crippen molar-refractivity contribution in [1.82, 2.24) is 19.8 Å². The second-order valence-corrected chi connectivity index (χ2v) is 13.6. The van der Waals surface area contributed by atoms with Crippen molar-refractivity contribution in [2.75, 3.05) is 19.6 Å². The zero-order valence-corrected chi connectivity index (χ0v) is 27.0. The molecular formula is C36H48N4O4. The van der Waals surface area contributed by atoms with Gasteiger partial charge in [0.25, 0.3) is 0 Å². The number of aryl methyl sites for hydroxylation is 2. The molecule has 1 aromatic heterocycles. The van der Waals surface area contributed by atoms with Crippen LogP contribution in [-0.4, -0.2) is 57.8 Å². The van der Waals surface area contributed by atoms with Gasteiger partial charge in [0.1, 0.15) is 11.4 Å². The third-order valence-corrected chi connectivity index (χ3v) is 8.92. The second kappa shape index (κ2) is 13.6. The zero-order chi connectivity index (χ0) is 31.3. The molecular weight excluding hydrogens is 552 g/mol. The summed E-state index contributed by atoms with van der Waals surface area (Å²) in [5, 5.41) is 2.89. The molecule has 1 unspecified atom stereocenters. The fourth-order valence-electron chi connectivity index (χ4n) is 6.79. The molecule has 8 heteroatoms. The van der Waals surface area contributed by atoms with Crippen molar-refractivity contribution < 1.29 is 19.1 Å². The van der Waals surface area contributed by atoms with Crippen LogP contribution in [0.4, 0.5) is 4.79 Å². The molecule has 0 spiro atoms. The van der Waals surface area contributed by atoms with Gasteiger partial charge in [0.15, 0.2) is 0 Å². The summed E-state index contributed by atoms with van der Waals surface area (Å²) in [6.45, 7) is 12.4. The Balaban J connectivity index is 1.46. The topological polar surface area (TPSA) is 85.7 Å². The summed E-state index contributed by atoms with van der Waals surface area (Å²) in [6.07, 6.45) is 7.93. The van der Waals surface area contributed by atoms with Gasteiger partial charge >= 0.3 is 12.1 Å². The predicted molar refractivity (Wildman–Crippen MR) is 172 cm³/mol. The van der Waals surface area contributed by atoms with E-state index in [-0.39, 0.29) is 12.0 Å². The van der Waals surface area contributed by atoms with Crippen LogP contribution in [0.25, 0.3) is 5.69 Å². The van der Waals surface area contributed by atoms with Crippen molar-refractivity contribution in [3.05, 3.63) is 77.4 Å². The minimum atomic E-state index is -0.837. The Morgan fingerprint density at radius 1 is 1.05 bits per heavy atom. The molecule has 2 aromatic carbocycles. The van der Waals surface area contributed by atoms with E-state index in [1.165, 1.54) is 35.3 Å². The lowest BCUT2D eigenvalue weighted by molar-refractivity contribution is -0.148. The number of nitrogens with one attached hydrogen (secondary N) is 1. The molecule has 0 radical (unpaired) electrons. The quantitative estimate of drug-likeness (QED) is 0.152. The van der Waals surface area contributed by atoms with Gasteiger partial charge in [-0.25, -0.2) is 9.78 Å². The highest BCUT2D eigenvalue weighted by atomic mass is 16.6. The van der Waals surface area contributed by atoms with Gasteiger partial charge < -0.3 is 24.3 Å². The van der Waals surface area contributed by atoms with Crippen LogP contribution in [-0.2, 0) is 28.8 Å². The maximum Gasteiger partial charge on any atom is 0.407 e. The van der Waals surface area contributed by atoms with E-state index in [9.17, 15) is 9.59 Å². The summed E-state index contributed by atoms with van der Waals surface area (Å²) in [5.41, 5.74) is 4.46. The lowest BCUT2D eigenvalue weighted by Crippen LogP contribution is -2.44. The Bertz CT molecular complexity index is 1440. The molecule has 44 heavy (non-hydrogen) atoms. The van der Waals surface area contributed by atoms with Crippen LogP contribution in [0.3, 0.4) is 0 Å². The van der Waals surface area contributed by atoms with Crippen molar-refractivity contribution in [3.63, 3.8) is 0 Å². The highest BCUT2D eigenvalue weighted by Crippen LogP contribution is 2.39. The van der Waals surface area contributed by atoms with Gasteiger partial charge in [0.2, 0.25) is 0 Å². The molecule has 3 aromatic rings. The van der Waals surface area contributed by atoms with E-state index in [1.807, 2.05) is 57.4 Å². The number of alkyl carbamates (subject to hydrolysis) is 1. The average Bonchev–Trinajstić information content (AvgIpc) is 3.65. The molecule has 2 aliphatic rings. The molecule has 1 fully saturated rings. The first-order valence-electron chi connectivity index (χ1n) is 16.2. The molecule has 0 saturated carbocycles. The van der Waals surface area contributed by atoms with E-state index in [0.717, 1.165) is 31.6 Å². The number of benzene rings is 2. The Labute approximate surface area is 262 Å². The maximum atomic E-state index is 14.4. The van der Waals surface area contributed by atoms with Crippen LogP contribution in [0.15, 0.2) is 54.9 Å². The lowest BCUT2D eigenvalue weighted by Gasteiger charge is -2.37. The fourth-order valence-corrected chi connectivity index (χ4v) is 6.79. The lowest BCUT2D eigenvalue weighted by atomic mass is 9.73. The van der Waals surface area contributed by atoms with Crippen LogP contribution in [0.5, 0.6) is 5.75 Å². The number of carbonyl (C=O) groups excluding carboxylic acids is 2. The summed E-state index contributed by atoms with van der Waals surface area (Å²) >= 11 is 0. The van der Waals surface area contributed by atoms with Crippen LogP contribution in [0.2, 0.25) is 0 Å². The third kappa shape index (κ3) is 7.70.